The number of aliphatic hydroxyl groups excluding tert-OH is 1. The van der Waals surface area contributed by atoms with Gasteiger partial charge in [-0.2, -0.15) is 5.10 Å². The largest absolute Gasteiger partial charge is 0.388 e. The summed E-state index contributed by atoms with van der Waals surface area (Å²) in [7, 11) is 1.79. The molecule has 1 aromatic carbocycles. The molecular formula is C16H21FN4OS. The fourth-order valence-corrected chi connectivity index (χ4v) is 3.07. The van der Waals surface area contributed by atoms with E-state index in [1.54, 1.807) is 22.4 Å². The van der Waals surface area contributed by atoms with Crippen LogP contribution in [0.4, 0.5) is 4.39 Å². The molecule has 23 heavy (non-hydrogen) atoms. The Bertz CT molecular complexity index is 753. The van der Waals surface area contributed by atoms with Gasteiger partial charge in [0.25, 0.3) is 0 Å². The van der Waals surface area contributed by atoms with Crippen LogP contribution in [0.15, 0.2) is 24.3 Å². The highest BCUT2D eigenvalue weighted by Crippen LogP contribution is 2.35. The Balaban J connectivity index is 1.88. The van der Waals surface area contributed by atoms with Crippen molar-refractivity contribution in [3.05, 3.63) is 46.2 Å². The number of rotatable bonds is 6. The van der Waals surface area contributed by atoms with E-state index in [1.807, 2.05) is 19.1 Å². The van der Waals surface area contributed by atoms with E-state index < -0.39 is 0 Å². The van der Waals surface area contributed by atoms with Gasteiger partial charge in [0.1, 0.15) is 12.4 Å². The molecule has 1 aliphatic carbocycles. The Labute approximate surface area is 140 Å². The normalized spacial score (nSPS) is 16.0. The zero-order chi connectivity index (χ0) is 16.6. The van der Waals surface area contributed by atoms with Crippen molar-refractivity contribution in [1.29, 1.82) is 0 Å². The van der Waals surface area contributed by atoms with Gasteiger partial charge in [-0.15, -0.1) is 0 Å². The van der Waals surface area contributed by atoms with E-state index >= 15 is 0 Å². The minimum absolute atomic E-state index is 0.0646. The monoisotopic (exact) mass is 336 g/mol. The van der Waals surface area contributed by atoms with Crippen molar-refractivity contribution < 1.29 is 9.50 Å². The number of hydrogen-bond acceptors (Lipinski definition) is 4. The topological polar surface area (TPSA) is 46.2 Å². The standard InChI is InChI=1S/C16H21FN4OS/c1-11(13-5-3-4-6-14(13)17)20(12-7-8-12)10-21-16(23)19(2)15(9-22)18-21/h3-6,11-12,22H,7-10H2,1-2H3. The van der Waals surface area contributed by atoms with Gasteiger partial charge in [-0.3, -0.25) is 4.90 Å². The SMILES string of the molecule is CC(c1ccccc1F)N(Cn1nc(CO)n(C)c1=S)C1CC1. The molecule has 1 aromatic heterocycles. The quantitative estimate of drug-likeness (QED) is 0.824. The summed E-state index contributed by atoms with van der Waals surface area (Å²) in [4.78, 5) is 2.22. The average Bonchev–Trinajstić information content (AvgIpc) is 3.35. The van der Waals surface area contributed by atoms with Crippen LogP contribution in [0, 0.1) is 10.6 Å². The molecule has 0 spiro atoms. The van der Waals surface area contributed by atoms with Crippen molar-refractivity contribution in [2.75, 3.05) is 0 Å². The molecule has 2 aromatic rings. The number of hydrogen-bond donors (Lipinski definition) is 1. The number of aliphatic hydroxyl groups is 1. The molecule has 1 aliphatic rings. The second-order valence-electron chi connectivity index (χ2n) is 6.00. The molecule has 0 saturated heterocycles. The summed E-state index contributed by atoms with van der Waals surface area (Å²) in [5.41, 5.74) is 0.684. The van der Waals surface area contributed by atoms with Gasteiger partial charge in [0.2, 0.25) is 0 Å². The van der Waals surface area contributed by atoms with Crippen LogP contribution in [0.1, 0.15) is 37.2 Å². The molecule has 1 saturated carbocycles. The lowest BCUT2D eigenvalue weighted by atomic mass is 10.1. The van der Waals surface area contributed by atoms with Crippen LogP contribution >= 0.6 is 12.2 Å². The van der Waals surface area contributed by atoms with Crippen molar-refractivity contribution in [2.24, 2.45) is 7.05 Å². The molecule has 0 aliphatic heterocycles. The lowest BCUT2D eigenvalue weighted by Crippen LogP contribution is -2.32. The maximum absolute atomic E-state index is 14.1. The third kappa shape index (κ3) is 3.22. The minimum atomic E-state index is -0.189. The van der Waals surface area contributed by atoms with Gasteiger partial charge in [0, 0.05) is 24.7 Å². The van der Waals surface area contributed by atoms with E-state index in [1.165, 1.54) is 6.07 Å². The second-order valence-corrected chi connectivity index (χ2v) is 6.36. The molecule has 1 heterocycles. The van der Waals surface area contributed by atoms with Gasteiger partial charge in [-0.05, 0) is 38.0 Å². The van der Waals surface area contributed by atoms with Crippen LogP contribution < -0.4 is 0 Å². The molecule has 0 bridgehead atoms. The molecule has 1 N–H and O–H groups in total. The number of nitrogens with zero attached hydrogens (tertiary/aromatic N) is 4. The van der Waals surface area contributed by atoms with Crippen LogP contribution in [-0.2, 0) is 20.3 Å². The predicted octanol–water partition coefficient (Wildman–Crippen LogP) is 2.77. The van der Waals surface area contributed by atoms with Crippen molar-refractivity contribution in [3.8, 4) is 0 Å². The Kier molecular flexibility index (Phi) is 4.61. The summed E-state index contributed by atoms with van der Waals surface area (Å²) in [6.45, 7) is 2.35. The molecule has 0 amide bonds. The molecule has 5 nitrogen and oxygen atoms in total. The molecule has 1 unspecified atom stereocenters. The first kappa shape index (κ1) is 16.3. The Hall–Kier alpha value is -1.57. The number of aromatic nitrogens is 3. The highest BCUT2D eigenvalue weighted by Gasteiger charge is 2.34. The first-order valence-corrected chi connectivity index (χ1v) is 8.17. The highest BCUT2D eigenvalue weighted by molar-refractivity contribution is 7.71. The molecule has 1 fully saturated rings. The van der Waals surface area contributed by atoms with E-state index in [2.05, 4.69) is 10.00 Å². The maximum atomic E-state index is 14.1. The summed E-state index contributed by atoms with van der Waals surface area (Å²) in [6, 6.07) is 7.24. The summed E-state index contributed by atoms with van der Waals surface area (Å²) in [6.07, 6.45) is 2.21. The van der Waals surface area contributed by atoms with Crippen molar-refractivity contribution >= 4 is 12.2 Å². The van der Waals surface area contributed by atoms with Crippen molar-refractivity contribution in [1.82, 2.24) is 19.2 Å². The lowest BCUT2D eigenvalue weighted by Gasteiger charge is -2.29. The third-order valence-electron chi connectivity index (χ3n) is 4.44. The summed E-state index contributed by atoms with van der Waals surface area (Å²) in [5, 5.41) is 13.7. The zero-order valence-corrected chi connectivity index (χ0v) is 14.1. The first-order chi connectivity index (χ1) is 11.0. The predicted molar refractivity (Wildman–Crippen MR) is 87.6 cm³/mol. The smallest absolute Gasteiger partial charge is 0.198 e. The fraction of sp³-hybridized carbons (Fsp3) is 0.500. The van der Waals surface area contributed by atoms with Crippen LogP contribution in [0.25, 0.3) is 0 Å². The van der Waals surface area contributed by atoms with E-state index in [0.29, 0.717) is 28.9 Å². The molecule has 1 atom stereocenters. The third-order valence-corrected chi connectivity index (χ3v) is 4.92. The van der Waals surface area contributed by atoms with Crippen LogP contribution in [0.5, 0.6) is 0 Å². The Morgan fingerprint density at radius 3 is 2.70 bits per heavy atom. The van der Waals surface area contributed by atoms with E-state index in [-0.39, 0.29) is 18.5 Å². The maximum Gasteiger partial charge on any atom is 0.198 e. The van der Waals surface area contributed by atoms with Gasteiger partial charge in [0.05, 0.1) is 6.67 Å². The Morgan fingerprint density at radius 2 is 2.13 bits per heavy atom. The molecule has 0 radical (unpaired) electrons. The molecule has 7 heteroatoms. The van der Waals surface area contributed by atoms with E-state index in [4.69, 9.17) is 12.2 Å². The minimum Gasteiger partial charge on any atom is -0.388 e. The van der Waals surface area contributed by atoms with Gasteiger partial charge in [-0.25, -0.2) is 9.07 Å². The van der Waals surface area contributed by atoms with E-state index in [0.717, 1.165) is 12.8 Å². The lowest BCUT2D eigenvalue weighted by molar-refractivity contribution is 0.139. The number of halogens is 1. The van der Waals surface area contributed by atoms with Crippen LogP contribution in [0.2, 0.25) is 0 Å². The van der Waals surface area contributed by atoms with Gasteiger partial charge in [-0.1, -0.05) is 18.2 Å². The second kappa shape index (κ2) is 6.51. The summed E-state index contributed by atoms with van der Waals surface area (Å²) in [5.74, 6) is 0.343. The van der Waals surface area contributed by atoms with Crippen LogP contribution in [-0.4, -0.2) is 30.4 Å². The fourth-order valence-electron chi connectivity index (χ4n) is 2.87. The van der Waals surface area contributed by atoms with E-state index in [9.17, 15) is 9.50 Å². The number of benzene rings is 1. The first-order valence-electron chi connectivity index (χ1n) is 7.76. The van der Waals surface area contributed by atoms with Crippen molar-refractivity contribution in [3.63, 3.8) is 0 Å². The summed E-state index contributed by atoms with van der Waals surface area (Å²) >= 11 is 5.39. The average molecular weight is 336 g/mol. The molecular weight excluding hydrogens is 315 g/mol. The van der Waals surface area contributed by atoms with Crippen molar-refractivity contribution in [2.45, 2.75) is 45.1 Å². The van der Waals surface area contributed by atoms with Crippen LogP contribution in [0.3, 0.4) is 0 Å². The highest BCUT2D eigenvalue weighted by atomic mass is 32.1. The zero-order valence-electron chi connectivity index (χ0n) is 13.3. The Morgan fingerprint density at radius 1 is 1.43 bits per heavy atom. The van der Waals surface area contributed by atoms with Gasteiger partial charge >= 0.3 is 0 Å². The molecule has 124 valence electrons. The molecule has 3 rings (SSSR count). The van der Waals surface area contributed by atoms with Gasteiger partial charge < -0.3 is 9.67 Å². The van der Waals surface area contributed by atoms with Gasteiger partial charge in [0.15, 0.2) is 10.6 Å². The summed E-state index contributed by atoms with van der Waals surface area (Å²) < 4.78 is 18.1.